The summed E-state index contributed by atoms with van der Waals surface area (Å²) in [6.45, 7) is 7.26. The van der Waals surface area contributed by atoms with Gasteiger partial charge in [-0.1, -0.05) is 55.0 Å². The number of amides is 1. The molecule has 1 unspecified atom stereocenters. The van der Waals surface area contributed by atoms with Crippen molar-refractivity contribution in [2.45, 2.75) is 19.9 Å². The molecule has 35 heavy (non-hydrogen) atoms. The lowest BCUT2D eigenvalue weighted by Crippen LogP contribution is -2.28. The Morgan fingerprint density at radius 3 is 2.69 bits per heavy atom. The molecular formula is C27H25N7O. The van der Waals surface area contributed by atoms with E-state index in [9.17, 15) is 4.79 Å². The average molecular weight is 464 g/mol. The maximum absolute atomic E-state index is 13.3. The predicted octanol–water partition coefficient (Wildman–Crippen LogP) is 4.36. The number of benzene rings is 2. The summed E-state index contributed by atoms with van der Waals surface area (Å²) in [7, 11) is 1.67. The van der Waals surface area contributed by atoms with Crippen LogP contribution < -0.4 is 11.1 Å². The molecular weight excluding hydrogens is 438 g/mol. The standard InChI is InChI=1S/C27H25N7O/c1-5-11-18-14-10-15-20-23(18)32-24(19-12-8-7-9-13-19)22(31-20)17(3)30-27(35)21-25(28)33-34(4)26(21)29-16-6-2/h6-10,12-17H,2H2,1,3-4H3,(H2,28,33)(H,30,35)/b29-16-. The molecule has 0 spiro atoms. The number of anilines is 1. The number of nitrogen functional groups attached to an aromatic ring is 1. The van der Waals surface area contributed by atoms with Crippen molar-refractivity contribution in [1.29, 1.82) is 0 Å². The Hall–Kier alpha value is -4.77. The molecule has 4 rings (SSSR count). The van der Waals surface area contributed by atoms with Crippen molar-refractivity contribution in [3.63, 3.8) is 0 Å². The van der Waals surface area contributed by atoms with E-state index in [1.165, 1.54) is 17.0 Å². The molecule has 4 aromatic rings. The van der Waals surface area contributed by atoms with E-state index in [2.05, 4.69) is 33.8 Å². The number of hydrogen-bond acceptors (Lipinski definition) is 6. The second-order valence-corrected chi connectivity index (χ2v) is 7.79. The fourth-order valence-corrected chi connectivity index (χ4v) is 3.80. The minimum atomic E-state index is -0.494. The number of nitrogens with two attached hydrogens (primary N) is 1. The summed E-state index contributed by atoms with van der Waals surface area (Å²) in [6.07, 6.45) is 3.00. The lowest BCUT2D eigenvalue weighted by atomic mass is 10.0. The fourth-order valence-electron chi connectivity index (χ4n) is 3.80. The van der Waals surface area contributed by atoms with Gasteiger partial charge in [0.15, 0.2) is 11.6 Å². The van der Waals surface area contributed by atoms with Crippen molar-refractivity contribution < 1.29 is 4.79 Å². The van der Waals surface area contributed by atoms with E-state index in [-0.39, 0.29) is 11.4 Å². The molecule has 2 aromatic carbocycles. The molecule has 1 atom stereocenters. The van der Waals surface area contributed by atoms with E-state index in [0.717, 1.165) is 11.1 Å². The number of fused-ring (bicyclic) bond motifs is 1. The fraction of sp³-hybridized carbons (Fsp3) is 0.148. The molecule has 0 fully saturated rings. The first-order valence-corrected chi connectivity index (χ1v) is 11.0. The first-order valence-electron chi connectivity index (χ1n) is 11.0. The SMILES string of the molecule is C=C/C=N\c1c(C(=O)NC(C)c2nc3cccc(C#CC)c3nc2-c2ccccc2)c(N)nn1C. The molecule has 1 amide bonds. The topological polar surface area (TPSA) is 111 Å². The molecule has 3 N–H and O–H groups in total. The van der Waals surface area contributed by atoms with E-state index in [1.54, 1.807) is 14.0 Å². The summed E-state index contributed by atoms with van der Waals surface area (Å²) < 4.78 is 1.45. The molecule has 0 aliphatic heterocycles. The summed E-state index contributed by atoms with van der Waals surface area (Å²) in [5.74, 6) is 6.04. The zero-order valence-electron chi connectivity index (χ0n) is 19.8. The lowest BCUT2D eigenvalue weighted by Gasteiger charge is -2.18. The van der Waals surface area contributed by atoms with E-state index in [4.69, 9.17) is 15.7 Å². The highest BCUT2D eigenvalue weighted by Crippen LogP contribution is 2.30. The Morgan fingerprint density at radius 1 is 1.20 bits per heavy atom. The highest BCUT2D eigenvalue weighted by atomic mass is 16.1. The summed E-state index contributed by atoms with van der Waals surface area (Å²) in [6, 6.07) is 14.9. The first-order chi connectivity index (χ1) is 16.9. The van der Waals surface area contributed by atoms with Crippen LogP contribution in [0.1, 0.15) is 41.5 Å². The molecule has 0 saturated heterocycles. The number of nitrogens with one attached hydrogen (secondary N) is 1. The number of aliphatic imine (C=N–C) groups is 1. The number of carbonyl (C=O) groups is 1. The summed E-state index contributed by atoms with van der Waals surface area (Å²) >= 11 is 0. The van der Waals surface area contributed by atoms with Crippen LogP contribution in [0.4, 0.5) is 11.6 Å². The van der Waals surface area contributed by atoms with Crippen molar-refractivity contribution >= 4 is 34.8 Å². The van der Waals surface area contributed by atoms with Gasteiger partial charge < -0.3 is 11.1 Å². The highest BCUT2D eigenvalue weighted by molar-refractivity contribution is 6.03. The van der Waals surface area contributed by atoms with E-state index in [1.807, 2.05) is 55.5 Å². The molecule has 0 radical (unpaired) electrons. The number of aryl methyl sites for hydroxylation is 1. The van der Waals surface area contributed by atoms with Gasteiger partial charge in [0.25, 0.3) is 5.91 Å². The van der Waals surface area contributed by atoms with Crippen LogP contribution in [0.25, 0.3) is 22.3 Å². The van der Waals surface area contributed by atoms with E-state index >= 15 is 0 Å². The number of carbonyl (C=O) groups excluding carboxylic acids is 1. The predicted molar refractivity (Wildman–Crippen MR) is 139 cm³/mol. The zero-order valence-corrected chi connectivity index (χ0v) is 19.8. The zero-order chi connectivity index (χ0) is 24.9. The van der Waals surface area contributed by atoms with Crippen molar-refractivity contribution in [2.24, 2.45) is 12.0 Å². The smallest absolute Gasteiger partial charge is 0.259 e. The molecule has 8 nitrogen and oxygen atoms in total. The van der Waals surface area contributed by atoms with Gasteiger partial charge in [0.2, 0.25) is 0 Å². The second-order valence-electron chi connectivity index (χ2n) is 7.79. The Kier molecular flexibility index (Phi) is 6.69. The quantitative estimate of drug-likeness (QED) is 0.326. The van der Waals surface area contributed by atoms with Gasteiger partial charge in [0.1, 0.15) is 11.1 Å². The monoisotopic (exact) mass is 463 g/mol. The number of para-hydroxylation sites is 1. The van der Waals surface area contributed by atoms with Gasteiger partial charge in [0.05, 0.1) is 28.5 Å². The summed E-state index contributed by atoms with van der Waals surface area (Å²) in [4.78, 5) is 27.4. The molecule has 174 valence electrons. The van der Waals surface area contributed by atoms with Gasteiger partial charge in [-0.05, 0) is 26.0 Å². The molecule has 0 aliphatic rings. The maximum atomic E-state index is 13.3. The van der Waals surface area contributed by atoms with Crippen molar-refractivity contribution in [3.05, 3.63) is 78.0 Å². The van der Waals surface area contributed by atoms with Crippen LogP contribution in [-0.2, 0) is 7.05 Å². The number of rotatable bonds is 6. The molecule has 0 saturated carbocycles. The molecule has 0 aliphatic carbocycles. The third kappa shape index (κ3) is 4.66. The molecule has 2 aromatic heterocycles. The largest absolute Gasteiger partial charge is 0.381 e. The average Bonchev–Trinajstić information content (AvgIpc) is 3.15. The Labute approximate surface area is 203 Å². The van der Waals surface area contributed by atoms with Crippen LogP contribution in [0.15, 0.2) is 66.2 Å². The van der Waals surface area contributed by atoms with Crippen molar-refractivity contribution in [2.75, 3.05) is 5.73 Å². The van der Waals surface area contributed by atoms with E-state index < -0.39 is 11.9 Å². The highest BCUT2D eigenvalue weighted by Gasteiger charge is 2.25. The van der Waals surface area contributed by atoms with Crippen molar-refractivity contribution in [1.82, 2.24) is 25.1 Å². The minimum absolute atomic E-state index is 0.0871. The Bertz CT molecular complexity index is 1510. The third-order valence-corrected chi connectivity index (χ3v) is 5.36. The second kappa shape index (κ2) is 10.0. The van der Waals surface area contributed by atoms with Crippen LogP contribution in [0.3, 0.4) is 0 Å². The third-order valence-electron chi connectivity index (χ3n) is 5.36. The maximum Gasteiger partial charge on any atom is 0.259 e. The van der Waals surface area contributed by atoms with Gasteiger partial charge in [-0.15, -0.1) is 5.92 Å². The van der Waals surface area contributed by atoms with Gasteiger partial charge in [-0.3, -0.25) is 4.79 Å². The minimum Gasteiger partial charge on any atom is -0.381 e. The van der Waals surface area contributed by atoms with Crippen LogP contribution in [-0.4, -0.2) is 31.9 Å². The van der Waals surface area contributed by atoms with Gasteiger partial charge in [0, 0.05) is 18.8 Å². The first kappa shape index (κ1) is 23.4. The number of allylic oxidation sites excluding steroid dienone is 1. The summed E-state index contributed by atoms with van der Waals surface area (Å²) in [5.41, 5.74) is 10.6. The molecule has 2 heterocycles. The molecule has 0 bridgehead atoms. The van der Waals surface area contributed by atoms with Crippen LogP contribution in [0.2, 0.25) is 0 Å². The Balaban J connectivity index is 1.81. The number of nitrogens with zero attached hydrogens (tertiary/aromatic N) is 5. The van der Waals surface area contributed by atoms with Crippen LogP contribution >= 0.6 is 0 Å². The van der Waals surface area contributed by atoms with Crippen LogP contribution in [0, 0.1) is 11.8 Å². The normalized spacial score (nSPS) is 11.7. The van der Waals surface area contributed by atoms with Crippen LogP contribution in [0.5, 0.6) is 0 Å². The van der Waals surface area contributed by atoms with Crippen molar-refractivity contribution in [3.8, 4) is 23.1 Å². The van der Waals surface area contributed by atoms with Gasteiger partial charge >= 0.3 is 0 Å². The number of hydrogen-bond donors (Lipinski definition) is 2. The van der Waals surface area contributed by atoms with Gasteiger partial charge in [-0.2, -0.15) is 5.10 Å². The number of aromatic nitrogens is 4. The molecule has 8 heteroatoms. The van der Waals surface area contributed by atoms with Gasteiger partial charge in [-0.25, -0.2) is 19.6 Å². The van der Waals surface area contributed by atoms with E-state index in [0.29, 0.717) is 28.2 Å². The summed E-state index contributed by atoms with van der Waals surface area (Å²) in [5, 5.41) is 7.14. The Morgan fingerprint density at radius 2 is 1.97 bits per heavy atom. The lowest BCUT2D eigenvalue weighted by molar-refractivity contribution is 0.0941.